The van der Waals surface area contributed by atoms with Gasteiger partial charge in [-0.3, -0.25) is 4.79 Å². The van der Waals surface area contributed by atoms with E-state index in [1.165, 1.54) is 32.4 Å². The maximum atomic E-state index is 12.9. The summed E-state index contributed by atoms with van der Waals surface area (Å²) in [6.07, 6.45) is -1.66. The fraction of sp³-hybridized carbons (Fsp3) is 0.364. The fourth-order valence-electron chi connectivity index (χ4n) is 2.63. The van der Waals surface area contributed by atoms with Gasteiger partial charge in [0.15, 0.2) is 0 Å². The Bertz CT molecular complexity index is 1170. The van der Waals surface area contributed by atoms with Crippen molar-refractivity contribution in [3.63, 3.8) is 0 Å². The molecule has 0 fully saturated rings. The number of aromatic nitrogens is 1. The number of rotatable bonds is 13. The highest BCUT2D eigenvalue weighted by molar-refractivity contribution is 7.90. The predicted octanol–water partition coefficient (Wildman–Crippen LogP) is 4.07. The number of hydrogen-bond acceptors (Lipinski definition) is 8. The summed E-state index contributed by atoms with van der Waals surface area (Å²) in [5.74, 6) is -1.18. The van der Waals surface area contributed by atoms with Crippen molar-refractivity contribution in [2.75, 3.05) is 39.8 Å². The van der Waals surface area contributed by atoms with Crippen molar-refractivity contribution in [1.82, 2.24) is 9.71 Å². The maximum Gasteiger partial charge on any atom is 0.417 e. The van der Waals surface area contributed by atoms with Gasteiger partial charge in [-0.15, -0.1) is 0 Å². The molecule has 0 saturated carbocycles. The van der Waals surface area contributed by atoms with Crippen LogP contribution in [0.1, 0.15) is 17.5 Å². The van der Waals surface area contributed by atoms with E-state index in [0.29, 0.717) is 24.6 Å². The quantitative estimate of drug-likeness (QED) is 0.292. The molecule has 36 heavy (non-hydrogen) atoms. The number of carbonyl (C=O) groups is 1. The number of nitrogens with zero attached hydrogens (tertiary/aromatic N) is 1. The molecule has 1 N–H and O–H groups in total. The minimum atomic E-state index is -4.64. The van der Waals surface area contributed by atoms with Crippen molar-refractivity contribution < 1.29 is 45.3 Å². The van der Waals surface area contributed by atoms with Crippen LogP contribution in [0.3, 0.4) is 0 Å². The summed E-state index contributed by atoms with van der Waals surface area (Å²) >= 11 is 5.94. The zero-order chi connectivity index (χ0) is 26.8. The van der Waals surface area contributed by atoms with Gasteiger partial charge < -0.3 is 18.9 Å². The number of carbonyl (C=O) groups excluding carboxylic acids is 1. The second-order valence-corrected chi connectivity index (χ2v) is 9.37. The van der Waals surface area contributed by atoms with Crippen LogP contribution in [-0.2, 0) is 30.5 Å². The number of benzene rings is 1. The van der Waals surface area contributed by atoms with E-state index >= 15 is 0 Å². The molecule has 0 radical (unpaired) electrons. The van der Waals surface area contributed by atoms with Crippen molar-refractivity contribution in [3.05, 3.63) is 52.7 Å². The number of methoxy groups -OCH3 is 2. The first-order valence-corrected chi connectivity index (χ1v) is 12.4. The van der Waals surface area contributed by atoms with Crippen LogP contribution in [-0.4, -0.2) is 59.1 Å². The third-order valence-electron chi connectivity index (χ3n) is 4.31. The molecule has 198 valence electrons. The lowest BCUT2D eigenvalue weighted by atomic mass is 10.1. The zero-order valence-electron chi connectivity index (χ0n) is 19.3. The summed E-state index contributed by atoms with van der Waals surface area (Å²) in [6, 6.07) is 5.11. The van der Waals surface area contributed by atoms with Crippen LogP contribution in [0.5, 0.6) is 17.4 Å². The lowest BCUT2D eigenvalue weighted by Crippen LogP contribution is -2.31. The molecule has 0 atom stereocenters. The van der Waals surface area contributed by atoms with E-state index in [-0.39, 0.29) is 42.6 Å². The topological polar surface area (TPSA) is 113 Å². The van der Waals surface area contributed by atoms with Gasteiger partial charge in [0, 0.05) is 44.7 Å². The Labute approximate surface area is 211 Å². The van der Waals surface area contributed by atoms with Gasteiger partial charge in [-0.05, 0) is 30.7 Å². The van der Waals surface area contributed by atoms with Gasteiger partial charge in [-0.2, -0.15) is 13.2 Å². The highest BCUT2D eigenvalue weighted by Gasteiger charge is 2.32. The molecule has 0 bridgehead atoms. The van der Waals surface area contributed by atoms with E-state index in [4.69, 9.17) is 30.5 Å². The first-order chi connectivity index (χ1) is 16.9. The third-order valence-corrected chi connectivity index (χ3v) is 5.92. The van der Waals surface area contributed by atoms with E-state index < -0.39 is 32.7 Å². The number of ether oxygens (including phenoxy) is 4. The molecular formula is C22H24ClF3N2O7S. The number of alkyl halides is 3. The average Bonchev–Trinajstić information content (AvgIpc) is 2.79. The molecule has 1 heterocycles. The van der Waals surface area contributed by atoms with Crippen molar-refractivity contribution in [1.29, 1.82) is 0 Å². The molecule has 1 aromatic heterocycles. The van der Waals surface area contributed by atoms with Crippen molar-refractivity contribution in [3.8, 4) is 17.4 Å². The zero-order valence-corrected chi connectivity index (χ0v) is 20.9. The van der Waals surface area contributed by atoms with Crippen LogP contribution >= 0.6 is 11.6 Å². The maximum absolute atomic E-state index is 12.9. The summed E-state index contributed by atoms with van der Waals surface area (Å²) in [5, 5.41) is -0.398. The average molecular weight is 553 g/mol. The minimum absolute atomic E-state index is 0.0334. The molecule has 0 aliphatic rings. The number of amides is 1. The van der Waals surface area contributed by atoms with Gasteiger partial charge in [0.2, 0.25) is 15.9 Å². The van der Waals surface area contributed by atoms with Crippen LogP contribution in [0.2, 0.25) is 5.02 Å². The van der Waals surface area contributed by atoms with Crippen molar-refractivity contribution >= 4 is 33.6 Å². The Morgan fingerprint density at radius 2 is 1.86 bits per heavy atom. The second kappa shape index (κ2) is 13.4. The Morgan fingerprint density at radius 1 is 1.14 bits per heavy atom. The van der Waals surface area contributed by atoms with E-state index in [2.05, 4.69) is 4.98 Å². The Balaban J connectivity index is 2.28. The summed E-state index contributed by atoms with van der Waals surface area (Å²) in [7, 11) is -0.952. The molecule has 2 rings (SSSR count). The first kappa shape index (κ1) is 29.4. The SMILES string of the molecule is COCCCS(=O)(=O)NC(=O)C=Cc1ccc(OCCOC)cc1Oc1ncc(C(F)(F)F)cc1Cl. The molecule has 0 unspecified atom stereocenters. The highest BCUT2D eigenvalue weighted by atomic mass is 35.5. The monoisotopic (exact) mass is 552 g/mol. The summed E-state index contributed by atoms with van der Waals surface area (Å²) < 4.78 is 85.4. The van der Waals surface area contributed by atoms with E-state index in [1.807, 2.05) is 4.72 Å². The van der Waals surface area contributed by atoms with Gasteiger partial charge in [-0.25, -0.2) is 18.1 Å². The number of pyridine rings is 1. The van der Waals surface area contributed by atoms with E-state index in [9.17, 15) is 26.4 Å². The minimum Gasteiger partial charge on any atom is -0.491 e. The fourth-order valence-corrected chi connectivity index (χ4v) is 3.81. The van der Waals surface area contributed by atoms with Crippen molar-refractivity contribution in [2.24, 2.45) is 0 Å². The van der Waals surface area contributed by atoms with Crippen molar-refractivity contribution in [2.45, 2.75) is 12.6 Å². The van der Waals surface area contributed by atoms with Crippen LogP contribution in [0.4, 0.5) is 13.2 Å². The Kier molecular flexibility index (Phi) is 11.0. The molecular weight excluding hydrogens is 529 g/mol. The van der Waals surface area contributed by atoms with Crippen LogP contribution in [0.15, 0.2) is 36.5 Å². The molecule has 14 heteroatoms. The first-order valence-electron chi connectivity index (χ1n) is 10.3. The van der Waals surface area contributed by atoms with Crippen LogP contribution < -0.4 is 14.2 Å². The third kappa shape index (κ3) is 9.64. The van der Waals surface area contributed by atoms with Gasteiger partial charge in [0.25, 0.3) is 5.91 Å². The molecule has 0 aliphatic carbocycles. The van der Waals surface area contributed by atoms with Crippen LogP contribution in [0, 0.1) is 0 Å². The number of hydrogen-bond donors (Lipinski definition) is 1. The predicted molar refractivity (Wildman–Crippen MR) is 126 cm³/mol. The van der Waals surface area contributed by atoms with Gasteiger partial charge in [0.05, 0.1) is 17.9 Å². The largest absolute Gasteiger partial charge is 0.491 e. The molecule has 1 amide bonds. The standard InChI is InChI=1S/C22H24ClF3N2O7S/c1-32-8-3-11-36(30,31)28-20(29)7-5-15-4-6-17(34-10-9-33-2)13-19(15)35-21-18(23)12-16(14-27-21)22(24,25)26/h4-7,12-14H,3,8-11H2,1-2H3,(H,28,29). The smallest absolute Gasteiger partial charge is 0.417 e. The lowest BCUT2D eigenvalue weighted by Gasteiger charge is -2.13. The molecule has 9 nitrogen and oxygen atoms in total. The Morgan fingerprint density at radius 3 is 2.50 bits per heavy atom. The molecule has 0 aliphatic heterocycles. The number of sulfonamides is 1. The molecule has 0 spiro atoms. The number of halogens is 4. The Hall–Kier alpha value is -2.87. The second-order valence-electron chi connectivity index (χ2n) is 7.12. The van der Waals surface area contributed by atoms with Gasteiger partial charge in [-0.1, -0.05) is 11.6 Å². The molecule has 0 saturated heterocycles. The summed E-state index contributed by atoms with van der Waals surface area (Å²) in [5.41, 5.74) is -0.793. The molecule has 2 aromatic rings. The molecule has 1 aromatic carbocycles. The number of nitrogens with one attached hydrogen (secondary N) is 1. The highest BCUT2D eigenvalue weighted by Crippen LogP contribution is 2.36. The summed E-state index contributed by atoms with van der Waals surface area (Å²) in [6.45, 7) is 0.710. The normalized spacial score (nSPS) is 12.1. The van der Waals surface area contributed by atoms with Gasteiger partial charge >= 0.3 is 6.18 Å². The lowest BCUT2D eigenvalue weighted by molar-refractivity contribution is -0.137. The van der Waals surface area contributed by atoms with Gasteiger partial charge in [0.1, 0.15) is 23.1 Å². The van der Waals surface area contributed by atoms with Crippen LogP contribution in [0.25, 0.3) is 6.08 Å². The summed E-state index contributed by atoms with van der Waals surface area (Å²) in [4.78, 5) is 15.8. The van der Waals surface area contributed by atoms with E-state index in [0.717, 1.165) is 6.08 Å². The van der Waals surface area contributed by atoms with E-state index in [1.54, 1.807) is 6.07 Å².